The van der Waals surface area contributed by atoms with E-state index in [1.165, 1.54) is 54.1 Å². The Balaban J connectivity index is 0.00000444. The second kappa shape index (κ2) is 21.4. The number of anilines is 5. The fraction of sp³-hybridized carbons (Fsp3) is 0.178. The Labute approximate surface area is 456 Å². The predicted molar refractivity (Wildman–Crippen MR) is 254 cm³/mol. The van der Waals surface area contributed by atoms with Gasteiger partial charge in [-0.2, -0.15) is 10.4 Å². The maximum Gasteiger partial charge on any atom is 1.00 e. The second-order valence-electron chi connectivity index (χ2n) is 16.3. The van der Waals surface area contributed by atoms with E-state index in [-0.39, 0.29) is 109 Å². The van der Waals surface area contributed by atoms with Gasteiger partial charge in [-0.25, -0.2) is 26.5 Å². The summed E-state index contributed by atoms with van der Waals surface area (Å²) < 4.78 is 72.1. The fourth-order valence-electron chi connectivity index (χ4n) is 7.27. The Kier molecular flexibility index (Phi) is 17.2. The summed E-state index contributed by atoms with van der Waals surface area (Å²) in [6.45, 7) is 12.7. The molecular weight excluding hydrogens is 1010 g/mol. The molecule has 0 aliphatic heterocycles. The van der Waals surface area contributed by atoms with Crippen molar-refractivity contribution in [2.75, 3.05) is 15.5 Å². The fourth-order valence-corrected chi connectivity index (χ4v) is 10.0. The maximum atomic E-state index is 13.1. The number of azo groups is 1. The van der Waals surface area contributed by atoms with E-state index in [2.05, 4.69) is 26.9 Å². The third-order valence-corrected chi connectivity index (χ3v) is 13.3. The van der Waals surface area contributed by atoms with Gasteiger partial charge in [-0.3, -0.25) is 14.5 Å². The smallest absolute Gasteiger partial charge is 0.744 e. The van der Waals surface area contributed by atoms with Gasteiger partial charge in [0, 0.05) is 23.6 Å². The number of hydrogen-bond acceptors (Lipinski definition) is 15. The number of carbonyl (C=O) groups is 2. The minimum atomic E-state index is -4.84. The van der Waals surface area contributed by atoms with Crippen LogP contribution in [0.15, 0.2) is 105 Å². The largest absolute Gasteiger partial charge is 1.00 e. The van der Waals surface area contributed by atoms with Crippen molar-refractivity contribution < 1.29 is 94.6 Å². The first-order valence-corrected chi connectivity index (χ1v) is 24.2. The van der Waals surface area contributed by atoms with Crippen LogP contribution in [0.4, 0.5) is 39.4 Å². The number of hydrogen-bond donors (Lipinski definition) is 2. The van der Waals surface area contributed by atoms with Crippen molar-refractivity contribution in [3.8, 4) is 11.8 Å². The Hall–Kier alpha value is -4.57. The molecule has 17 nitrogen and oxygen atoms in total. The van der Waals surface area contributed by atoms with E-state index in [9.17, 15) is 40.8 Å². The molecule has 0 bridgehead atoms. The normalized spacial score (nSPS) is 11.7. The molecule has 344 valence electrons. The molecule has 2 N–H and O–H groups in total. The summed E-state index contributed by atoms with van der Waals surface area (Å²) >= 11 is 14.8. The van der Waals surface area contributed by atoms with Gasteiger partial charge < -0.3 is 19.7 Å². The van der Waals surface area contributed by atoms with E-state index in [4.69, 9.17) is 33.3 Å². The molecule has 7 aromatic rings. The molecule has 0 saturated carbocycles. The topological polar surface area (TPSA) is 255 Å². The third kappa shape index (κ3) is 12.1. The Morgan fingerprint density at radius 3 is 2.04 bits per heavy atom. The predicted octanol–water partition coefficient (Wildman–Crippen LogP) is 4.80. The van der Waals surface area contributed by atoms with E-state index in [0.29, 0.717) is 26.7 Å². The van der Waals surface area contributed by atoms with Crippen LogP contribution < -0.4 is 74.6 Å². The standard InChI is InChI=1S/C45H39Cl2N9O8S3.2Na/c1-23-15-24(2)39(25(3)16-23)55(44-51-36-14-12-31(67(62,63)64)21-38(36)65-44)29-11-13-35(37(20-29)49-26(4)57)52-53-42-32(22-48)41(45(5,6)7)54-56(42)40-33(46)18-28(19-34(40)47)50-43(58)27-9-8-10-30(17-27)66(59,60)61;;/h8-21H,1-7H3,(H,49,57)(H,50,58)(H,59,60,61)(H,62,63,64);;/q;2*+1/p-2. The molecular formula is C45H37Cl2N9Na2O8S3. The number of carbonyl (C=O) groups excluding carboxylic acids is 2. The first-order valence-electron chi connectivity index (χ1n) is 19.8. The maximum absolute atomic E-state index is 13.1. The average molecular weight is 1040 g/mol. The quantitative estimate of drug-likeness (QED) is 0.101. The molecule has 0 aliphatic carbocycles. The van der Waals surface area contributed by atoms with Gasteiger partial charge in [0.05, 0.1) is 52.8 Å². The summed E-state index contributed by atoms with van der Waals surface area (Å²) in [4.78, 5) is 31.6. The van der Waals surface area contributed by atoms with Crippen molar-refractivity contribution in [1.82, 2.24) is 14.8 Å². The Bertz CT molecular complexity index is 3470. The zero-order valence-corrected chi connectivity index (χ0v) is 46.4. The molecule has 0 spiro atoms. The van der Waals surface area contributed by atoms with Gasteiger partial charge in [0.25, 0.3) is 5.91 Å². The van der Waals surface area contributed by atoms with Crippen LogP contribution in [0.3, 0.4) is 0 Å². The van der Waals surface area contributed by atoms with E-state index in [1.54, 1.807) is 18.2 Å². The number of benzene rings is 5. The van der Waals surface area contributed by atoms with Gasteiger partial charge in [-0.1, -0.05) is 79.1 Å². The van der Waals surface area contributed by atoms with Gasteiger partial charge in [-0.05, 0) is 98.6 Å². The molecule has 2 aromatic heterocycles. The number of thiazole rings is 1. The van der Waals surface area contributed by atoms with Crippen LogP contribution in [0.1, 0.15) is 66.0 Å². The number of nitrogens with one attached hydrogen (secondary N) is 2. The van der Waals surface area contributed by atoms with E-state index >= 15 is 0 Å². The van der Waals surface area contributed by atoms with Crippen LogP contribution in [0, 0.1) is 32.1 Å². The SMILES string of the molecule is CC(=O)Nc1cc(N(c2nc3ccc(S(=O)(=O)[O-])cc3s2)c2c(C)cc(C)cc2C)ccc1N=Nc1c(C#N)c(C(C)(C)C)nn1-c1c(Cl)cc(NC(=O)c2cccc(S(=O)(=O)[O-])c2)cc1Cl.[Na+].[Na+]. The van der Waals surface area contributed by atoms with Gasteiger partial charge in [0.15, 0.2) is 10.9 Å². The Morgan fingerprint density at radius 2 is 1.46 bits per heavy atom. The van der Waals surface area contributed by atoms with Crippen molar-refractivity contribution in [1.29, 1.82) is 5.26 Å². The number of nitriles is 1. The Morgan fingerprint density at radius 1 is 0.841 bits per heavy atom. The molecule has 69 heavy (non-hydrogen) atoms. The van der Waals surface area contributed by atoms with Crippen LogP contribution in [0.2, 0.25) is 10.0 Å². The summed E-state index contributed by atoms with van der Waals surface area (Å²) in [5.41, 5.74) is 4.53. The molecule has 2 heterocycles. The first kappa shape index (κ1) is 55.4. The molecule has 5 aromatic carbocycles. The molecule has 24 heteroatoms. The number of fused-ring (bicyclic) bond motifs is 1. The van der Waals surface area contributed by atoms with Crippen LogP contribution in [-0.4, -0.2) is 52.5 Å². The van der Waals surface area contributed by atoms with Crippen LogP contribution in [0.25, 0.3) is 15.9 Å². The van der Waals surface area contributed by atoms with Crippen molar-refractivity contribution in [2.24, 2.45) is 10.2 Å². The molecule has 0 atom stereocenters. The van der Waals surface area contributed by atoms with E-state index in [1.807, 2.05) is 58.6 Å². The molecule has 0 radical (unpaired) electrons. The average Bonchev–Trinajstić information content (AvgIpc) is 3.82. The van der Waals surface area contributed by atoms with Crippen molar-refractivity contribution >= 4 is 116 Å². The van der Waals surface area contributed by atoms with Crippen LogP contribution >= 0.6 is 34.5 Å². The number of halogens is 2. The molecule has 7 rings (SSSR count). The summed E-state index contributed by atoms with van der Waals surface area (Å²) in [6, 6.07) is 22.4. The summed E-state index contributed by atoms with van der Waals surface area (Å²) in [5.74, 6) is -1.29. The van der Waals surface area contributed by atoms with Crippen LogP contribution in [0.5, 0.6) is 0 Å². The number of aryl methyl sites for hydroxylation is 3. The number of rotatable bonds is 11. The van der Waals surface area contributed by atoms with Crippen molar-refractivity contribution in [3.63, 3.8) is 0 Å². The molecule has 0 unspecified atom stereocenters. The minimum absolute atomic E-state index is 0. The second-order valence-corrected chi connectivity index (χ2v) is 20.9. The third-order valence-electron chi connectivity index (χ3n) is 10.0. The van der Waals surface area contributed by atoms with Crippen molar-refractivity contribution in [3.05, 3.63) is 128 Å². The number of aromatic nitrogens is 3. The molecule has 0 aliphatic rings. The summed E-state index contributed by atoms with van der Waals surface area (Å²) in [7, 11) is -9.58. The van der Waals surface area contributed by atoms with Crippen molar-refractivity contribution in [2.45, 2.75) is 63.7 Å². The van der Waals surface area contributed by atoms with E-state index < -0.39 is 47.3 Å². The van der Waals surface area contributed by atoms with Gasteiger partial charge in [0.1, 0.15) is 43.2 Å². The number of nitrogens with zero attached hydrogens (tertiary/aromatic N) is 7. The van der Waals surface area contributed by atoms with Crippen LogP contribution in [-0.2, 0) is 30.4 Å². The number of amides is 2. The zero-order chi connectivity index (χ0) is 48.9. The first-order chi connectivity index (χ1) is 31.3. The summed E-state index contributed by atoms with van der Waals surface area (Å²) in [5, 5.41) is 30.1. The van der Waals surface area contributed by atoms with Gasteiger partial charge in [-0.15, -0.1) is 10.2 Å². The minimum Gasteiger partial charge on any atom is -0.744 e. The molecule has 0 saturated heterocycles. The molecule has 0 fully saturated rings. The van der Waals surface area contributed by atoms with E-state index in [0.717, 1.165) is 45.8 Å². The monoisotopic (exact) mass is 1040 g/mol. The summed E-state index contributed by atoms with van der Waals surface area (Å²) in [6.07, 6.45) is 0. The zero-order valence-electron chi connectivity index (χ0n) is 38.5. The van der Waals surface area contributed by atoms with Gasteiger partial charge >= 0.3 is 59.1 Å². The van der Waals surface area contributed by atoms with Gasteiger partial charge in [0.2, 0.25) is 5.91 Å². The molecule has 2 amide bonds.